The number of hydrogen-bond acceptors (Lipinski definition) is 5. The van der Waals surface area contributed by atoms with Gasteiger partial charge >= 0.3 is 0 Å². The number of likely N-dealkylation sites (tertiary alicyclic amines) is 1. The molecule has 4 rings (SSSR count). The summed E-state index contributed by atoms with van der Waals surface area (Å²) in [6, 6.07) is 6.05. The van der Waals surface area contributed by atoms with Crippen LogP contribution in [0.4, 0.5) is 0 Å². The minimum Gasteiger partial charge on any atom is -0.508 e. The minimum absolute atomic E-state index is 0.00572. The van der Waals surface area contributed by atoms with Crippen molar-refractivity contribution in [3.8, 4) is 5.75 Å². The molecule has 1 heterocycles. The molecule has 1 saturated carbocycles. The van der Waals surface area contributed by atoms with Crippen LogP contribution in [0.25, 0.3) is 0 Å². The van der Waals surface area contributed by atoms with E-state index in [-0.39, 0.29) is 24.0 Å². The average Bonchev–Trinajstić information content (AvgIpc) is 2.57. The zero-order chi connectivity index (χ0) is 16.9. The van der Waals surface area contributed by atoms with Gasteiger partial charge in [-0.05, 0) is 62.5 Å². The zero-order valence-electron chi connectivity index (χ0n) is 14.2. The van der Waals surface area contributed by atoms with Gasteiger partial charge in [0.25, 0.3) is 0 Å². The summed E-state index contributed by atoms with van der Waals surface area (Å²) in [5.41, 5.74) is 2.35. The SMILES string of the molecule is CN1CC[C@]23C[C@@H](OCCO)C[C@@H](O)[C@@H]2[C@H]1Cc1ccc(O)cc13. The first-order chi connectivity index (χ1) is 11.5. The van der Waals surface area contributed by atoms with E-state index in [0.717, 1.165) is 25.8 Å². The molecule has 132 valence electrons. The van der Waals surface area contributed by atoms with Crippen LogP contribution in [0.1, 0.15) is 30.4 Å². The third-order valence-corrected chi connectivity index (χ3v) is 6.54. The topological polar surface area (TPSA) is 73.2 Å². The normalized spacial score (nSPS) is 38.5. The molecular formula is C19H27NO4. The average molecular weight is 333 g/mol. The van der Waals surface area contributed by atoms with E-state index in [1.165, 1.54) is 11.1 Å². The fraction of sp³-hybridized carbons (Fsp3) is 0.684. The highest BCUT2D eigenvalue weighted by Crippen LogP contribution is 2.56. The van der Waals surface area contributed by atoms with E-state index in [0.29, 0.717) is 24.8 Å². The molecule has 1 aliphatic heterocycles. The summed E-state index contributed by atoms with van der Waals surface area (Å²) in [5, 5.41) is 30.1. The summed E-state index contributed by atoms with van der Waals surface area (Å²) < 4.78 is 5.82. The van der Waals surface area contributed by atoms with Crippen molar-refractivity contribution in [3.63, 3.8) is 0 Å². The molecule has 5 heteroatoms. The maximum atomic E-state index is 11.0. The first-order valence-electron chi connectivity index (χ1n) is 8.98. The third-order valence-electron chi connectivity index (χ3n) is 6.54. The number of benzene rings is 1. The largest absolute Gasteiger partial charge is 0.508 e. The molecule has 5 nitrogen and oxygen atoms in total. The molecule has 5 atom stereocenters. The second-order valence-corrected chi connectivity index (χ2v) is 7.75. The van der Waals surface area contributed by atoms with Gasteiger partial charge in [-0.3, -0.25) is 0 Å². The van der Waals surface area contributed by atoms with Crippen molar-refractivity contribution in [2.45, 2.75) is 49.3 Å². The molecule has 2 aliphatic carbocycles. The van der Waals surface area contributed by atoms with E-state index < -0.39 is 6.10 Å². The number of piperidine rings is 1. The number of likely N-dealkylation sites (N-methyl/N-ethyl adjacent to an activating group) is 1. The Hall–Kier alpha value is -1.14. The summed E-state index contributed by atoms with van der Waals surface area (Å²) in [5.74, 6) is 0.478. The maximum Gasteiger partial charge on any atom is 0.115 e. The van der Waals surface area contributed by atoms with Gasteiger partial charge in [0.2, 0.25) is 0 Å². The predicted molar refractivity (Wildman–Crippen MR) is 90.1 cm³/mol. The van der Waals surface area contributed by atoms with Crippen LogP contribution in [0, 0.1) is 5.92 Å². The minimum atomic E-state index is -0.411. The smallest absolute Gasteiger partial charge is 0.115 e. The van der Waals surface area contributed by atoms with Crippen LogP contribution in [0.3, 0.4) is 0 Å². The Morgan fingerprint density at radius 3 is 3.00 bits per heavy atom. The number of phenolic OH excluding ortho intramolecular Hbond substituents is 1. The lowest BCUT2D eigenvalue weighted by atomic mass is 9.51. The molecular weight excluding hydrogens is 306 g/mol. The zero-order valence-corrected chi connectivity index (χ0v) is 14.2. The first-order valence-corrected chi connectivity index (χ1v) is 8.98. The molecule has 0 amide bonds. The molecule has 1 saturated heterocycles. The second-order valence-electron chi connectivity index (χ2n) is 7.75. The van der Waals surface area contributed by atoms with Crippen LogP contribution in [0.5, 0.6) is 5.75 Å². The Morgan fingerprint density at radius 2 is 2.21 bits per heavy atom. The van der Waals surface area contributed by atoms with Crippen molar-refractivity contribution >= 4 is 0 Å². The summed E-state index contributed by atoms with van der Waals surface area (Å²) in [6.45, 7) is 1.32. The highest BCUT2D eigenvalue weighted by molar-refractivity contribution is 5.45. The van der Waals surface area contributed by atoms with E-state index in [1.807, 2.05) is 12.1 Å². The third kappa shape index (κ3) is 2.37. The Kier molecular flexibility index (Phi) is 4.07. The molecule has 0 radical (unpaired) electrons. The van der Waals surface area contributed by atoms with Crippen LogP contribution >= 0.6 is 0 Å². The monoisotopic (exact) mass is 333 g/mol. The molecule has 1 aromatic rings. The number of ether oxygens (including phenoxy) is 1. The van der Waals surface area contributed by atoms with Gasteiger partial charge in [-0.15, -0.1) is 0 Å². The number of fused-ring (bicyclic) bond motifs is 1. The van der Waals surface area contributed by atoms with Gasteiger partial charge in [0.05, 0.1) is 25.4 Å². The standard InChI is InChI=1S/C19H27NO4/c1-20-5-4-19-11-14(24-7-6-21)10-17(23)18(19)16(20)8-12-2-3-13(22)9-15(12)19/h2-3,9,14,16-18,21-23H,4-8,10-11H2,1H3/t14-,16+,17+,18-,19+/m0/s1. The lowest BCUT2D eigenvalue weighted by molar-refractivity contribution is -0.127. The van der Waals surface area contributed by atoms with Crippen LogP contribution in [0.15, 0.2) is 18.2 Å². The van der Waals surface area contributed by atoms with Gasteiger partial charge in [-0.25, -0.2) is 0 Å². The van der Waals surface area contributed by atoms with Crippen molar-refractivity contribution in [2.24, 2.45) is 5.92 Å². The Labute approximate surface area is 142 Å². The Morgan fingerprint density at radius 1 is 1.38 bits per heavy atom. The molecule has 0 aromatic heterocycles. The second kappa shape index (κ2) is 5.99. The van der Waals surface area contributed by atoms with E-state index >= 15 is 0 Å². The molecule has 1 aromatic carbocycles. The number of nitrogens with zero attached hydrogens (tertiary/aromatic N) is 1. The number of aromatic hydroxyl groups is 1. The van der Waals surface area contributed by atoms with Gasteiger partial charge in [-0.2, -0.15) is 0 Å². The summed E-state index contributed by atoms with van der Waals surface area (Å²) in [6.07, 6.45) is 2.93. The quantitative estimate of drug-likeness (QED) is 0.771. The number of phenols is 1. The van der Waals surface area contributed by atoms with E-state index in [1.54, 1.807) is 6.07 Å². The van der Waals surface area contributed by atoms with Gasteiger partial charge in [0.15, 0.2) is 0 Å². The lowest BCUT2D eigenvalue weighted by Crippen LogP contribution is -2.65. The molecule has 2 bridgehead atoms. The van der Waals surface area contributed by atoms with E-state index in [9.17, 15) is 10.2 Å². The predicted octanol–water partition coefficient (Wildman–Crippen LogP) is 1.04. The Balaban J connectivity index is 1.79. The summed E-state index contributed by atoms with van der Waals surface area (Å²) >= 11 is 0. The van der Waals surface area contributed by atoms with E-state index in [2.05, 4.69) is 11.9 Å². The van der Waals surface area contributed by atoms with Gasteiger partial charge in [0, 0.05) is 17.4 Å². The fourth-order valence-corrected chi connectivity index (χ4v) is 5.60. The highest BCUT2D eigenvalue weighted by Gasteiger charge is 2.58. The first kappa shape index (κ1) is 16.3. The van der Waals surface area contributed by atoms with Crippen LogP contribution in [-0.2, 0) is 16.6 Å². The molecule has 2 fully saturated rings. The van der Waals surface area contributed by atoms with Gasteiger partial charge in [-0.1, -0.05) is 6.07 Å². The van der Waals surface area contributed by atoms with Crippen molar-refractivity contribution in [1.82, 2.24) is 4.90 Å². The van der Waals surface area contributed by atoms with Crippen LogP contribution < -0.4 is 0 Å². The lowest BCUT2D eigenvalue weighted by Gasteiger charge is -2.60. The summed E-state index contributed by atoms with van der Waals surface area (Å²) in [7, 11) is 2.15. The van der Waals surface area contributed by atoms with Gasteiger partial charge in [0.1, 0.15) is 5.75 Å². The molecule has 0 spiro atoms. The highest BCUT2D eigenvalue weighted by atomic mass is 16.5. The maximum absolute atomic E-state index is 11.0. The fourth-order valence-electron chi connectivity index (χ4n) is 5.60. The molecule has 0 unspecified atom stereocenters. The number of aliphatic hydroxyl groups excluding tert-OH is 2. The molecule has 24 heavy (non-hydrogen) atoms. The number of hydrogen-bond donors (Lipinski definition) is 3. The van der Waals surface area contributed by atoms with Gasteiger partial charge < -0.3 is 25.0 Å². The Bertz CT molecular complexity index is 621. The van der Waals surface area contributed by atoms with Crippen LogP contribution in [0.2, 0.25) is 0 Å². The molecule has 3 N–H and O–H groups in total. The summed E-state index contributed by atoms with van der Waals surface area (Å²) in [4.78, 5) is 2.39. The molecule has 3 aliphatic rings. The number of aliphatic hydroxyl groups is 2. The van der Waals surface area contributed by atoms with Crippen molar-refractivity contribution in [1.29, 1.82) is 0 Å². The van der Waals surface area contributed by atoms with Crippen molar-refractivity contribution < 1.29 is 20.1 Å². The number of rotatable bonds is 3. The van der Waals surface area contributed by atoms with Crippen molar-refractivity contribution in [2.75, 3.05) is 26.8 Å². The van der Waals surface area contributed by atoms with E-state index in [4.69, 9.17) is 9.84 Å². The van der Waals surface area contributed by atoms with Crippen LogP contribution in [-0.4, -0.2) is 65.3 Å². The van der Waals surface area contributed by atoms with Crippen molar-refractivity contribution in [3.05, 3.63) is 29.3 Å².